The minimum Gasteiger partial charge on any atom is -0.479 e. The van der Waals surface area contributed by atoms with Crippen molar-refractivity contribution in [3.63, 3.8) is 0 Å². The van der Waals surface area contributed by atoms with E-state index in [9.17, 15) is 4.79 Å². The third-order valence-corrected chi connectivity index (χ3v) is 2.49. The second kappa shape index (κ2) is 3.90. The molecule has 4 nitrogen and oxygen atoms in total. The number of aromatic nitrogens is 2. The maximum absolute atomic E-state index is 10.6. The predicted molar refractivity (Wildman–Crippen MR) is 57.6 cm³/mol. The summed E-state index contributed by atoms with van der Waals surface area (Å²) in [5.41, 5.74) is 2.07. The highest BCUT2D eigenvalue weighted by atomic mass is 35.5. The van der Waals surface area contributed by atoms with E-state index in [-0.39, 0.29) is 0 Å². The number of carbonyl (C=O) groups excluding carboxylic acids is 1. The number of nitrogens with one attached hydrogen (secondary N) is 1. The van der Waals surface area contributed by atoms with Gasteiger partial charge >= 0.3 is 0 Å². The summed E-state index contributed by atoms with van der Waals surface area (Å²) in [6.07, 6.45) is 2.40. The second-order valence-electron chi connectivity index (χ2n) is 3.06. The summed E-state index contributed by atoms with van der Waals surface area (Å²) in [4.78, 5) is 17.7. The number of fused-ring (bicyclic) bond motifs is 1. The first kappa shape index (κ1) is 9.98. The minimum atomic E-state index is 0.351. The molecule has 2 heterocycles. The topological polar surface area (TPSA) is 55.0 Å². The molecule has 0 fully saturated rings. The number of ether oxygens (including phenoxy) is 1. The number of halogens is 1. The highest BCUT2D eigenvalue weighted by Crippen LogP contribution is 2.26. The maximum Gasteiger partial charge on any atom is 0.238 e. The largest absolute Gasteiger partial charge is 0.479 e. The van der Waals surface area contributed by atoms with Crippen molar-refractivity contribution in [2.45, 2.75) is 5.88 Å². The molecule has 78 valence electrons. The van der Waals surface area contributed by atoms with E-state index in [0.29, 0.717) is 23.0 Å². The molecule has 0 unspecified atom stereocenters. The minimum absolute atomic E-state index is 0.351. The molecule has 0 aliphatic heterocycles. The van der Waals surface area contributed by atoms with Crippen molar-refractivity contribution in [1.82, 2.24) is 9.97 Å². The van der Waals surface area contributed by atoms with E-state index >= 15 is 0 Å². The molecule has 0 saturated carbocycles. The molecule has 0 aliphatic carbocycles. The fourth-order valence-electron chi connectivity index (χ4n) is 1.49. The Morgan fingerprint density at radius 3 is 3.07 bits per heavy atom. The summed E-state index contributed by atoms with van der Waals surface area (Å²) in [6, 6.07) is 1.74. The quantitative estimate of drug-likeness (QED) is 0.642. The normalized spacial score (nSPS) is 10.5. The van der Waals surface area contributed by atoms with Gasteiger partial charge < -0.3 is 9.72 Å². The second-order valence-corrected chi connectivity index (χ2v) is 3.32. The number of alkyl halides is 1. The number of hydrogen-bond acceptors (Lipinski definition) is 3. The van der Waals surface area contributed by atoms with E-state index in [0.717, 1.165) is 17.2 Å². The SMILES string of the molecule is COc1ncc(CCl)c2cc(C=O)[nH]c12. The molecule has 0 spiro atoms. The molecule has 15 heavy (non-hydrogen) atoms. The average molecular weight is 225 g/mol. The summed E-state index contributed by atoms with van der Waals surface area (Å²) in [6.45, 7) is 0. The molecule has 2 aromatic rings. The van der Waals surface area contributed by atoms with Crippen LogP contribution in [-0.2, 0) is 5.88 Å². The van der Waals surface area contributed by atoms with Crippen molar-refractivity contribution >= 4 is 28.8 Å². The summed E-state index contributed by atoms with van der Waals surface area (Å²) in [5, 5.41) is 0.874. The third-order valence-electron chi connectivity index (χ3n) is 2.20. The Morgan fingerprint density at radius 1 is 1.67 bits per heavy atom. The molecule has 0 aliphatic rings. The smallest absolute Gasteiger partial charge is 0.238 e. The summed E-state index contributed by atoms with van der Waals surface area (Å²) < 4.78 is 5.08. The lowest BCUT2D eigenvalue weighted by atomic mass is 10.2. The standard InChI is InChI=1S/C10H9ClN2O2/c1-15-10-9-8(2-7(5-14)13-9)6(3-11)4-12-10/h2,4-5,13H,3H2,1H3. The molecular weight excluding hydrogens is 216 g/mol. The van der Waals surface area contributed by atoms with E-state index in [1.807, 2.05) is 0 Å². The predicted octanol–water partition coefficient (Wildman–Crippen LogP) is 2.12. The van der Waals surface area contributed by atoms with Gasteiger partial charge in [-0.1, -0.05) is 0 Å². The maximum atomic E-state index is 10.6. The van der Waals surface area contributed by atoms with E-state index in [1.165, 1.54) is 7.11 Å². The molecule has 0 saturated heterocycles. The Kier molecular flexibility index (Phi) is 2.60. The zero-order chi connectivity index (χ0) is 10.8. The zero-order valence-corrected chi connectivity index (χ0v) is 8.84. The number of rotatable bonds is 3. The van der Waals surface area contributed by atoms with Crippen LogP contribution in [0, 0.1) is 0 Å². The molecule has 2 rings (SSSR count). The van der Waals surface area contributed by atoms with Gasteiger partial charge in [0.15, 0.2) is 6.29 Å². The van der Waals surface area contributed by atoms with E-state index in [1.54, 1.807) is 12.3 Å². The van der Waals surface area contributed by atoms with Crippen molar-refractivity contribution < 1.29 is 9.53 Å². The number of hydrogen-bond donors (Lipinski definition) is 1. The van der Waals surface area contributed by atoms with Crippen LogP contribution in [0.5, 0.6) is 5.88 Å². The van der Waals surface area contributed by atoms with Crippen LogP contribution in [-0.4, -0.2) is 23.4 Å². The lowest BCUT2D eigenvalue weighted by molar-refractivity contribution is 0.112. The van der Waals surface area contributed by atoms with Gasteiger partial charge in [0.25, 0.3) is 0 Å². The highest BCUT2D eigenvalue weighted by Gasteiger charge is 2.10. The number of aldehydes is 1. The Morgan fingerprint density at radius 2 is 2.47 bits per heavy atom. The summed E-state index contributed by atoms with van der Waals surface area (Å²) >= 11 is 5.77. The van der Waals surface area contributed by atoms with Crippen LogP contribution in [0.4, 0.5) is 0 Å². The van der Waals surface area contributed by atoms with Crippen molar-refractivity contribution in [2.75, 3.05) is 7.11 Å². The Hall–Kier alpha value is -1.55. The zero-order valence-electron chi connectivity index (χ0n) is 8.08. The highest BCUT2D eigenvalue weighted by molar-refractivity contribution is 6.18. The van der Waals surface area contributed by atoms with E-state index in [4.69, 9.17) is 16.3 Å². The molecule has 0 amide bonds. The Labute approximate surface area is 91.2 Å². The molecule has 0 radical (unpaired) electrons. The van der Waals surface area contributed by atoms with E-state index < -0.39 is 0 Å². The number of pyridine rings is 1. The molecule has 0 aromatic carbocycles. The molecule has 0 bridgehead atoms. The molecular formula is C10H9ClN2O2. The lowest BCUT2D eigenvalue weighted by Gasteiger charge is -2.02. The Bertz CT molecular complexity index is 466. The van der Waals surface area contributed by atoms with Gasteiger partial charge in [0.2, 0.25) is 5.88 Å². The fourth-order valence-corrected chi connectivity index (χ4v) is 1.71. The van der Waals surface area contributed by atoms with Gasteiger partial charge in [-0.15, -0.1) is 11.6 Å². The first-order valence-corrected chi connectivity index (χ1v) is 4.89. The monoisotopic (exact) mass is 224 g/mol. The van der Waals surface area contributed by atoms with Crippen LogP contribution in [0.1, 0.15) is 16.1 Å². The van der Waals surface area contributed by atoms with Gasteiger partial charge in [-0.3, -0.25) is 4.79 Å². The third kappa shape index (κ3) is 1.57. The number of carbonyl (C=O) groups is 1. The van der Waals surface area contributed by atoms with Gasteiger partial charge in [0.05, 0.1) is 12.8 Å². The van der Waals surface area contributed by atoms with Crippen molar-refractivity contribution in [2.24, 2.45) is 0 Å². The average Bonchev–Trinajstić information content (AvgIpc) is 2.71. The lowest BCUT2D eigenvalue weighted by Crippen LogP contribution is -1.91. The van der Waals surface area contributed by atoms with Crippen molar-refractivity contribution in [1.29, 1.82) is 0 Å². The van der Waals surface area contributed by atoms with Crippen molar-refractivity contribution in [3.05, 3.63) is 23.5 Å². The number of aromatic amines is 1. The molecule has 2 aromatic heterocycles. The molecule has 5 heteroatoms. The first-order valence-electron chi connectivity index (χ1n) is 4.36. The van der Waals surface area contributed by atoms with Crippen LogP contribution in [0.2, 0.25) is 0 Å². The number of methoxy groups -OCH3 is 1. The van der Waals surface area contributed by atoms with E-state index in [2.05, 4.69) is 9.97 Å². The number of nitrogens with zero attached hydrogens (tertiary/aromatic N) is 1. The summed E-state index contributed by atoms with van der Waals surface area (Å²) in [7, 11) is 1.53. The first-order chi connectivity index (χ1) is 7.30. The fraction of sp³-hybridized carbons (Fsp3) is 0.200. The van der Waals surface area contributed by atoms with Crippen molar-refractivity contribution in [3.8, 4) is 5.88 Å². The van der Waals surface area contributed by atoms with Crippen LogP contribution >= 0.6 is 11.6 Å². The molecule has 0 atom stereocenters. The van der Waals surface area contributed by atoms with Gasteiger partial charge in [0, 0.05) is 17.5 Å². The van der Waals surface area contributed by atoms with Crippen LogP contribution in [0.15, 0.2) is 12.3 Å². The summed E-state index contributed by atoms with van der Waals surface area (Å²) in [5.74, 6) is 0.816. The number of H-pyrrole nitrogens is 1. The van der Waals surface area contributed by atoms with Gasteiger partial charge in [0.1, 0.15) is 5.52 Å². The Balaban J connectivity index is 2.77. The van der Waals surface area contributed by atoms with Gasteiger partial charge in [-0.2, -0.15) is 0 Å². The van der Waals surface area contributed by atoms with Crippen LogP contribution in [0.25, 0.3) is 10.9 Å². The van der Waals surface area contributed by atoms with Crippen LogP contribution in [0.3, 0.4) is 0 Å². The molecule has 1 N–H and O–H groups in total. The van der Waals surface area contributed by atoms with Crippen LogP contribution < -0.4 is 4.74 Å². The van der Waals surface area contributed by atoms with Gasteiger partial charge in [-0.25, -0.2) is 4.98 Å². The van der Waals surface area contributed by atoms with Gasteiger partial charge in [-0.05, 0) is 11.6 Å².